The minimum atomic E-state index is 0.192. The molecule has 1 aromatic carbocycles. The minimum Gasteiger partial charge on any atom is -0.440 e. The second-order valence-electron chi connectivity index (χ2n) is 4.12. The topological polar surface area (TPSA) is 52.0 Å². The third-order valence-electron chi connectivity index (χ3n) is 2.27. The number of benzene rings is 1. The van der Waals surface area contributed by atoms with Gasteiger partial charge in [-0.1, -0.05) is 23.7 Å². The summed E-state index contributed by atoms with van der Waals surface area (Å²) in [4.78, 5) is 4.25. The number of halogens is 1. The maximum Gasteiger partial charge on any atom is 0.204 e. The molecule has 0 spiro atoms. The lowest BCUT2D eigenvalue weighted by Gasteiger charge is -2.01. The normalized spacial score (nSPS) is 12.6. The molecule has 0 bridgehead atoms. The predicted octanol–water partition coefficient (Wildman–Crippen LogP) is 3.58. The average Bonchev–Trinajstić information content (AvgIpc) is 2.77. The zero-order valence-electron chi connectivity index (χ0n) is 10.1. The molecule has 2 rings (SSSR count). The number of aromatic nitrogens is 1. The van der Waals surface area contributed by atoms with Crippen LogP contribution in [0.3, 0.4) is 0 Å². The van der Waals surface area contributed by atoms with Gasteiger partial charge in [-0.3, -0.25) is 0 Å². The van der Waals surface area contributed by atoms with Crippen molar-refractivity contribution in [1.29, 1.82) is 0 Å². The highest BCUT2D eigenvalue weighted by Gasteiger charge is 2.07. The Kier molecular flexibility index (Phi) is 4.69. The lowest BCUT2D eigenvalue weighted by molar-refractivity contribution is 0.530. The van der Waals surface area contributed by atoms with E-state index in [4.69, 9.17) is 21.8 Å². The van der Waals surface area contributed by atoms with E-state index in [0.717, 1.165) is 28.7 Å². The summed E-state index contributed by atoms with van der Waals surface area (Å²) in [5.41, 5.74) is 6.63. The second kappa shape index (κ2) is 6.27. The summed E-state index contributed by atoms with van der Waals surface area (Å²) in [5, 5.41) is 0.691. The van der Waals surface area contributed by atoms with E-state index in [0.29, 0.717) is 5.02 Å². The fraction of sp³-hybridized carbons (Fsp3) is 0.308. The molecule has 0 saturated carbocycles. The Morgan fingerprint density at radius 1 is 1.50 bits per heavy atom. The molecule has 3 nitrogen and oxygen atoms in total. The van der Waals surface area contributed by atoms with Gasteiger partial charge in [0.2, 0.25) is 5.89 Å². The Hall–Kier alpha value is -0.970. The number of nitrogens with two attached hydrogens (primary N) is 1. The summed E-state index contributed by atoms with van der Waals surface area (Å²) in [6.07, 6.45) is 1.73. The van der Waals surface area contributed by atoms with Crippen LogP contribution in [0.4, 0.5) is 0 Å². The van der Waals surface area contributed by atoms with Crippen molar-refractivity contribution < 1.29 is 4.42 Å². The molecule has 0 saturated heterocycles. The zero-order chi connectivity index (χ0) is 13.0. The second-order valence-corrected chi connectivity index (χ2v) is 5.59. The Bertz CT molecular complexity index is 513. The van der Waals surface area contributed by atoms with E-state index in [2.05, 4.69) is 4.98 Å². The zero-order valence-corrected chi connectivity index (χ0v) is 11.7. The van der Waals surface area contributed by atoms with Gasteiger partial charge < -0.3 is 10.2 Å². The molecule has 18 heavy (non-hydrogen) atoms. The summed E-state index contributed by atoms with van der Waals surface area (Å²) >= 11 is 7.66. The smallest absolute Gasteiger partial charge is 0.204 e. The Balaban J connectivity index is 2.02. The lowest BCUT2D eigenvalue weighted by Crippen LogP contribution is -2.17. The van der Waals surface area contributed by atoms with Gasteiger partial charge in [0.05, 0.1) is 11.9 Å². The van der Waals surface area contributed by atoms with Crippen molar-refractivity contribution in [2.75, 3.05) is 5.75 Å². The Labute approximate surface area is 116 Å². The number of hydrogen-bond acceptors (Lipinski definition) is 4. The highest BCUT2D eigenvalue weighted by Crippen LogP contribution is 2.24. The Morgan fingerprint density at radius 2 is 2.33 bits per heavy atom. The van der Waals surface area contributed by atoms with Gasteiger partial charge in [0, 0.05) is 22.4 Å². The van der Waals surface area contributed by atoms with Gasteiger partial charge in [-0.15, -0.1) is 0 Å². The number of rotatable bonds is 5. The highest BCUT2D eigenvalue weighted by molar-refractivity contribution is 7.98. The monoisotopic (exact) mass is 282 g/mol. The summed E-state index contributed by atoms with van der Waals surface area (Å²) in [5.74, 6) is 3.10. The third-order valence-corrected chi connectivity index (χ3v) is 3.72. The van der Waals surface area contributed by atoms with Crippen molar-refractivity contribution in [3.63, 3.8) is 0 Å². The summed E-state index contributed by atoms with van der Waals surface area (Å²) in [6, 6.07) is 7.73. The molecule has 2 aromatic rings. The third kappa shape index (κ3) is 3.77. The van der Waals surface area contributed by atoms with E-state index in [9.17, 15) is 0 Å². The first-order chi connectivity index (χ1) is 8.65. The molecule has 0 fully saturated rings. The number of hydrogen-bond donors (Lipinski definition) is 1. The lowest BCUT2D eigenvalue weighted by atomic mass is 10.2. The first-order valence-corrected chi connectivity index (χ1v) is 7.22. The number of oxazole rings is 1. The fourth-order valence-corrected chi connectivity index (χ4v) is 2.47. The van der Waals surface area contributed by atoms with Crippen LogP contribution in [-0.4, -0.2) is 16.8 Å². The van der Waals surface area contributed by atoms with Crippen LogP contribution in [-0.2, 0) is 5.75 Å². The van der Waals surface area contributed by atoms with Gasteiger partial charge in [-0.05, 0) is 19.1 Å². The first kappa shape index (κ1) is 13.5. The van der Waals surface area contributed by atoms with Crippen LogP contribution in [0.1, 0.15) is 12.8 Å². The van der Waals surface area contributed by atoms with E-state index in [1.165, 1.54) is 0 Å². The van der Waals surface area contributed by atoms with Crippen LogP contribution in [0.5, 0.6) is 0 Å². The van der Waals surface area contributed by atoms with Gasteiger partial charge in [0.15, 0.2) is 5.76 Å². The molecule has 96 valence electrons. The van der Waals surface area contributed by atoms with Gasteiger partial charge >= 0.3 is 0 Å². The van der Waals surface area contributed by atoms with Crippen molar-refractivity contribution in [3.8, 4) is 11.3 Å². The molecular formula is C13H15ClN2OS. The van der Waals surface area contributed by atoms with Crippen LogP contribution in [0.15, 0.2) is 34.9 Å². The summed E-state index contributed by atoms with van der Waals surface area (Å²) in [7, 11) is 0. The summed E-state index contributed by atoms with van der Waals surface area (Å²) < 4.78 is 5.68. The van der Waals surface area contributed by atoms with Crippen LogP contribution in [0.2, 0.25) is 5.02 Å². The standard InChI is InChI=1S/C13H15ClN2OS/c1-9(15)7-18-8-13-16-6-12(17-13)10-3-2-4-11(14)5-10/h2-6,9H,7-8,15H2,1H3. The number of nitrogens with zero attached hydrogens (tertiary/aromatic N) is 1. The minimum absolute atomic E-state index is 0.192. The van der Waals surface area contributed by atoms with Gasteiger partial charge in [-0.2, -0.15) is 11.8 Å². The molecule has 1 atom stereocenters. The number of thioether (sulfide) groups is 1. The molecular weight excluding hydrogens is 268 g/mol. The molecule has 1 aromatic heterocycles. The van der Waals surface area contributed by atoms with E-state index < -0.39 is 0 Å². The Morgan fingerprint density at radius 3 is 3.06 bits per heavy atom. The first-order valence-electron chi connectivity index (χ1n) is 5.69. The molecule has 0 aliphatic rings. The van der Waals surface area contributed by atoms with Crippen molar-refractivity contribution in [2.45, 2.75) is 18.7 Å². The van der Waals surface area contributed by atoms with Gasteiger partial charge in [0.25, 0.3) is 0 Å². The highest BCUT2D eigenvalue weighted by atomic mass is 35.5. The SMILES string of the molecule is CC(N)CSCc1ncc(-c2cccc(Cl)c2)o1. The fourth-order valence-electron chi connectivity index (χ4n) is 1.48. The van der Waals surface area contributed by atoms with E-state index in [1.807, 2.05) is 31.2 Å². The predicted molar refractivity (Wildman–Crippen MR) is 76.8 cm³/mol. The molecule has 1 unspecified atom stereocenters. The van der Waals surface area contributed by atoms with Gasteiger partial charge in [0.1, 0.15) is 0 Å². The van der Waals surface area contributed by atoms with E-state index in [1.54, 1.807) is 18.0 Å². The van der Waals surface area contributed by atoms with Crippen molar-refractivity contribution in [3.05, 3.63) is 41.4 Å². The molecule has 2 N–H and O–H groups in total. The van der Waals surface area contributed by atoms with E-state index in [-0.39, 0.29) is 6.04 Å². The van der Waals surface area contributed by atoms with E-state index >= 15 is 0 Å². The van der Waals surface area contributed by atoms with Crippen molar-refractivity contribution in [1.82, 2.24) is 4.98 Å². The molecule has 0 aliphatic heterocycles. The maximum absolute atomic E-state index is 5.94. The van der Waals surface area contributed by atoms with Crippen LogP contribution < -0.4 is 5.73 Å². The van der Waals surface area contributed by atoms with Crippen molar-refractivity contribution >= 4 is 23.4 Å². The van der Waals surface area contributed by atoms with Crippen molar-refractivity contribution in [2.24, 2.45) is 5.73 Å². The molecule has 5 heteroatoms. The average molecular weight is 283 g/mol. The van der Waals surface area contributed by atoms with Crippen LogP contribution in [0.25, 0.3) is 11.3 Å². The molecule has 0 aliphatic carbocycles. The molecule has 0 radical (unpaired) electrons. The quantitative estimate of drug-likeness (QED) is 0.911. The van der Waals surface area contributed by atoms with Crippen LogP contribution >= 0.6 is 23.4 Å². The van der Waals surface area contributed by atoms with Crippen LogP contribution in [0, 0.1) is 0 Å². The van der Waals surface area contributed by atoms with Gasteiger partial charge in [-0.25, -0.2) is 4.98 Å². The maximum atomic E-state index is 5.94. The largest absolute Gasteiger partial charge is 0.440 e. The molecule has 1 heterocycles. The summed E-state index contributed by atoms with van der Waals surface area (Å²) in [6.45, 7) is 1.99. The molecule has 0 amide bonds.